The van der Waals surface area contributed by atoms with E-state index in [0.717, 1.165) is 43.0 Å². The highest BCUT2D eigenvalue weighted by molar-refractivity contribution is 7.89. The van der Waals surface area contributed by atoms with Gasteiger partial charge in [0, 0.05) is 25.7 Å². The third-order valence-electron chi connectivity index (χ3n) is 4.49. The third kappa shape index (κ3) is 2.67. The number of para-hydroxylation sites is 1. The molecule has 0 amide bonds. The van der Waals surface area contributed by atoms with Crippen molar-refractivity contribution in [2.45, 2.75) is 25.4 Å². The highest BCUT2D eigenvalue weighted by Gasteiger charge is 2.37. The molecule has 2 aliphatic heterocycles. The van der Waals surface area contributed by atoms with E-state index in [-0.39, 0.29) is 6.04 Å². The van der Waals surface area contributed by atoms with Crippen LogP contribution in [0.25, 0.3) is 10.2 Å². The second kappa shape index (κ2) is 5.56. The van der Waals surface area contributed by atoms with Gasteiger partial charge in [0.2, 0.25) is 10.0 Å². The second-order valence-corrected chi connectivity index (χ2v) is 9.19. The lowest BCUT2D eigenvalue weighted by atomic mass is 10.2. The zero-order chi connectivity index (χ0) is 15.2. The standard InChI is InChI=1S/C15H19N3O2S2/c19-22(20)9-3-7-18(22)12-6-8-17(10-12)11-15-16-13-4-1-2-5-14(13)21-15/h1-2,4-5,12H,3,6-11H2. The first-order valence-electron chi connectivity index (χ1n) is 7.68. The van der Waals surface area contributed by atoms with Crippen molar-refractivity contribution in [1.82, 2.24) is 14.2 Å². The Bertz CT molecular complexity index is 754. The van der Waals surface area contributed by atoms with Gasteiger partial charge < -0.3 is 0 Å². The maximum Gasteiger partial charge on any atom is 0.214 e. The number of sulfonamides is 1. The molecule has 2 fully saturated rings. The van der Waals surface area contributed by atoms with Crippen LogP contribution in [0.2, 0.25) is 0 Å². The average molecular weight is 337 g/mol. The van der Waals surface area contributed by atoms with Crippen molar-refractivity contribution < 1.29 is 8.42 Å². The summed E-state index contributed by atoms with van der Waals surface area (Å²) in [5, 5.41) is 1.12. The van der Waals surface area contributed by atoms with Crippen LogP contribution in [-0.4, -0.2) is 54.0 Å². The molecular weight excluding hydrogens is 318 g/mol. The van der Waals surface area contributed by atoms with Crippen molar-refractivity contribution in [3.8, 4) is 0 Å². The van der Waals surface area contributed by atoms with Crippen molar-refractivity contribution in [2.75, 3.05) is 25.4 Å². The summed E-state index contributed by atoms with van der Waals surface area (Å²) in [6.07, 6.45) is 1.71. The Kier molecular flexibility index (Phi) is 3.68. The number of nitrogens with zero attached hydrogens (tertiary/aromatic N) is 3. The molecule has 0 spiro atoms. The van der Waals surface area contributed by atoms with E-state index in [1.165, 1.54) is 4.70 Å². The quantitative estimate of drug-likeness (QED) is 0.858. The molecule has 22 heavy (non-hydrogen) atoms. The van der Waals surface area contributed by atoms with Crippen LogP contribution in [-0.2, 0) is 16.6 Å². The lowest BCUT2D eigenvalue weighted by Gasteiger charge is -2.22. The SMILES string of the molecule is O=S1(=O)CCCN1C1CCN(Cc2nc3ccccc3s2)C1. The van der Waals surface area contributed by atoms with Gasteiger partial charge in [-0.25, -0.2) is 13.4 Å². The van der Waals surface area contributed by atoms with Crippen LogP contribution in [0.1, 0.15) is 17.8 Å². The minimum absolute atomic E-state index is 0.155. The summed E-state index contributed by atoms with van der Waals surface area (Å²) in [4.78, 5) is 7.00. The van der Waals surface area contributed by atoms with Crippen molar-refractivity contribution in [3.63, 3.8) is 0 Å². The summed E-state index contributed by atoms with van der Waals surface area (Å²) in [5.74, 6) is 0.321. The lowest BCUT2D eigenvalue weighted by molar-refractivity contribution is 0.289. The molecule has 0 N–H and O–H groups in total. The molecule has 1 atom stereocenters. The molecular formula is C15H19N3O2S2. The van der Waals surface area contributed by atoms with E-state index in [0.29, 0.717) is 12.3 Å². The first-order valence-corrected chi connectivity index (χ1v) is 10.1. The molecule has 1 aromatic carbocycles. The molecule has 1 aromatic heterocycles. The predicted molar refractivity (Wildman–Crippen MR) is 88.4 cm³/mol. The van der Waals surface area contributed by atoms with Gasteiger partial charge in [0.1, 0.15) is 5.01 Å². The smallest absolute Gasteiger partial charge is 0.214 e. The monoisotopic (exact) mass is 337 g/mol. The normalized spacial score (nSPS) is 26.1. The van der Waals surface area contributed by atoms with Crippen molar-refractivity contribution >= 4 is 31.6 Å². The molecule has 2 saturated heterocycles. The number of likely N-dealkylation sites (tertiary alicyclic amines) is 1. The van der Waals surface area contributed by atoms with Crippen LogP contribution < -0.4 is 0 Å². The molecule has 4 rings (SSSR count). The number of benzene rings is 1. The lowest BCUT2D eigenvalue weighted by Crippen LogP contribution is -2.38. The predicted octanol–water partition coefficient (Wildman–Crippen LogP) is 1.91. The van der Waals surface area contributed by atoms with Gasteiger partial charge in [-0.1, -0.05) is 12.1 Å². The fourth-order valence-electron chi connectivity index (χ4n) is 3.44. The molecule has 5 nitrogen and oxygen atoms in total. The molecule has 0 aliphatic carbocycles. The molecule has 7 heteroatoms. The minimum Gasteiger partial charge on any atom is -0.295 e. The minimum atomic E-state index is -2.99. The zero-order valence-electron chi connectivity index (χ0n) is 12.3. The number of thiazole rings is 1. The Morgan fingerprint density at radius 3 is 2.91 bits per heavy atom. The summed E-state index contributed by atoms with van der Waals surface area (Å²) < 4.78 is 27.0. The first kappa shape index (κ1) is 14.6. The van der Waals surface area contributed by atoms with E-state index in [1.54, 1.807) is 15.6 Å². The molecule has 1 unspecified atom stereocenters. The van der Waals surface area contributed by atoms with Crippen molar-refractivity contribution in [3.05, 3.63) is 29.3 Å². The third-order valence-corrected chi connectivity index (χ3v) is 7.51. The largest absolute Gasteiger partial charge is 0.295 e. The van der Waals surface area contributed by atoms with Gasteiger partial charge in [0.15, 0.2) is 0 Å². The number of hydrogen-bond acceptors (Lipinski definition) is 5. The maximum absolute atomic E-state index is 12.0. The zero-order valence-corrected chi connectivity index (χ0v) is 13.9. The number of hydrogen-bond donors (Lipinski definition) is 0. The molecule has 0 bridgehead atoms. The summed E-state index contributed by atoms with van der Waals surface area (Å²) >= 11 is 1.73. The van der Waals surface area contributed by atoms with Gasteiger partial charge in [0.05, 0.1) is 22.5 Å². The molecule has 3 heterocycles. The van der Waals surface area contributed by atoms with Gasteiger partial charge in [-0.3, -0.25) is 4.90 Å². The Labute approximate surface area is 134 Å². The van der Waals surface area contributed by atoms with Gasteiger partial charge >= 0.3 is 0 Å². The average Bonchev–Trinajstić information content (AvgIpc) is 3.16. The molecule has 2 aliphatic rings. The van der Waals surface area contributed by atoms with Gasteiger partial charge in [0.25, 0.3) is 0 Å². The van der Waals surface area contributed by atoms with Crippen LogP contribution in [0, 0.1) is 0 Å². The fourth-order valence-corrected chi connectivity index (χ4v) is 6.21. The summed E-state index contributed by atoms with van der Waals surface area (Å²) in [6.45, 7) is 3.30. The molecule has 118 valence electrons. The maximum atomic E-state index is 12.0. The van der Waals surface area contributed by atoms with Crippen molar-refractivity contribution in [1.29, 1.82) is 0 Å². The summed E-state index contributed by atoms with van der Waals surface area (Å²) in [6, 6.07) is 8.34. The van der Waals surface area contributed by atoms with Crippen LogP contribution in [0.15, 0.2) is 24.3 Å². The number of aromatic nitrogens is 1. The van der Waals surface area contributed by atoms with Crippen LogP contribution >= 0.6 is 11.3 Å². The van der Waals surface area contributed by atoms with Gasteiger partial charge in [-0.2, -0.15) is 4.31 Å². The van der Waals surface area contributed by atoms with Gasteiger partial charge in [-0.05, 0) is 25.0 Å². The van der Waals surface area contributed by atoms with E-state index in [4.69, 9.17) is 0 Å². The first-order chi connectivity index (χ1) is 10.6. The van der Waals surface area contributed by atoms with Crippen LogP contribution in [0.3, 0.4) is 0 Å². The van der Waals surface area contributed by atoms with E-state index in [2.05, 4.69) is 16.0 Å². The van der Waals surface area contributed by atoms with E-state index >= 15 is 0 Å². The van der Waals surface area contributed by atoms with Gasteiger partial charge in [-0.15, -0.1) is 11.3 Å². The van der Waals surface area contributed by atoms with E-state index < -0.39 is 10.0 Å². The Balaban J connectivity index is 1.45. The second-order valence-electron chi connectivity index (χ2n) is 6.03. The molecule has 2 aromatic rings. The summed E-state index contributed by atoms with van der Waals surface area (Å²) in [7, 11) is -2.99. The van der Waals surface area contributed by atoms with E-state index in [1.807, 2.05) is 18.2 Å². The number of rotatable bonds is 3. The highest BCUT2D eigenvalue weighted by Crippen LogP contribution is 2.27. The summed E-state index contributed by atoms with van der Waals surface area (Å²) in [5.41, 5.74) is 1.06. The highest BCUT2D eigenvalue weighted by atomic mass is 32.2. The topological polar surface area (TPSA) is 53.5 Å². The fraction of sp³-hybridized carbons (Fsp3) is 0.533. The van der Waals surface area contributed by atoms with Crippen LogP contribution in [0.5, 0.6) is 0 Å². The Morgan fingerprint density at radius 2 is 2.14 bits per heavy atom. The molecule has 0 radical (unpaired) electrons. The van der Waals surface area contributed by atoms with Crippen molar-refractivity contribution in [2.24, 2.45) is 0 Å². The van der Waals surface area contributed by atoms with Crippen LogP contribution in [0.4, 0.5) is 0 Å². The van der Waals surface area contributed by atoms with E-state index in [9.17, 15) is 8.42 Å². The molecule has 0 saturated carbocycles. The Hall–Kier alpha value is -1.02. The number of fused-ring (bicyclic) bond motifs is 1. The Morgan fingerprint density at radius 1 is 1.27 bits per heavy atom.